The number of hydrogen-bond donors (Lipinski definition) is 1. The summed E-state index contributed by atoms with van der Waals surface area (Å²) in [4.78, 5) is 29.2. The quantitative estimate of drug-likeness (QED) is 0.489. The second kappa shape index (κ2) is 7.56. The molecule has 0 unspecified atom stereocenters. The molecule has 8 heteroatoms. The lowest BCUT2D eigenvalue weighted by Crippen LogP contribution is -2.19. The molecule has 7 nitrogen and oxygen atoms in total. The summed E-state index contributed by atoms with van der Waals surface area (Å²) in [6.07, 6.45) is 9.27. The van der Waals surface area contributed by atoms with Crippen LogP contribution in [-0.2, 0) is 6.42 Å². The highest BCUT2D eigenvalue weighted by Gasteiger charge is 2.13. The maximum atomic E-state index is 14.4. The van der Waals surface area contributed by atoms with Gasteiger partial charge in [0, 0.05) is 49.5 Å². The topological polar surface area (TPSA) is 85.1 Å². The first-order chi connectivity index (χ1) is 15.1. The van der Waals surface area contributed by atoms with Crippen LogP contribution in [0.4, 0.5) is 4.39 Å². The number of halogens is 1. The molecule has 0 bridgehead atoms. The van der Waals surface area contributed by atoms with Crippen molar-refractivity contribution < 1.29 is 9.18 Å². The Morgan fingerprint density at radius 1 is 0.968 bits per heavy atom. The number of aromatic nitrogens is 5. The Morgan fingerprint density at radius 3 is 2.58 bits per heavy atom. The van der Waals surface area contributed by atoms with E-state index < -0.39 is 11.7 Å². The number of benzene rings is 2. The molecule has 2 aromatic carbocycles. The van der Waals surface area contributed by atoms with Crippen LogP contribution in [0.15, 0.2) is 67.4 Å². The number of fused-ring (bicyclic) bond motifs is 2. The summed E-state index contributed by atoms with van der Waals surface area (Å²) in [6.45, 7) is 0. The van der Waals surface area contributed by atoms with Gasteiger partial charge in [0.15, 0.2) is 0 Å². The van der Waals surface area contributed by atoms with E-state index >= 15 is 0 Å². The first-order valence-corrected chi connectivity index (χ1v) is 9.66. The third-order valence-electron chi connectivity index (χ3n) is 5.13. The van der Waals surface area contributed by atoms with Gasteiger partial charge in [0.1, 0.15) is 5.82 Å². The van der Waals surface area contributed by atoms with E-state index in [9.17, 15) is 9.18 Å². The van der Waals surface area contributed by atoms with Crippen molar-refractivity contribution in [3.8, 4) is 11.1 Å². The molecule has 0 saturated heterocycles. The van der Waals surface area contributed by atoms with Crippen LogP contribution in [0.5, 0.6) is 0 Å². The normalized spacial score (nSPS) is 11.2. The smallest absolute Gasteiger partial charge is 0.253 e. The van der Waals surface area contributed by atoms with E-state index in [4.69, 9.17) is 0 Å². The van der Waals surface area contributed by atoms with E-state index in [1.54, 1.807) is 30.9 Å². The number of carbonyl (C=O) groups is 1. The van der Waals surface area contributed by atoms with Crippen molar-refractivity contribution in [2.24, 2.45) is 0 Å². The summed E-state index contributed by atoms with van der Waals surface area (Å²) in [5.41, 5.74) is 5.03. The van der Waals surface area contributed by atoms with Crippen LogP contribution in [0.3, 0.4) is 0 Å². The second-order valence-electron chi connectivity index (χ2n) is 7.09. The van der Waals surface area contributed by atoms with E-state index in [0.717, 1.165) is 27.9 Å². The number of amides is 1. The largest absolute Gasteiger partial charge is 0.355 e. The minimum Gasteiger partial charge on any atom is -0.355 e. The molecular weight excluding hydrogens is 395 g/mol. The summed E-state index contributed by atoms with van der Waals surface area (Å²) < 4.78 is 16.3. The van der Waals surface area contributed by atoms with Crippen molar-refractivity contribution in [3.63, 3.8) is 0 Å². The minimum absolute atomic E-state index is 0.00279. The van der Waals surface area contributed by atoms with Gasteiger partial charge in [-0.3, -0.25) is 19.2 Å². The summed E-state index contributed by atoms with van der Waals surface area (Å²) >= 11 is 0. The van der Waals surface area contributed by atoms with Crippen molar-refractivity contribution in [2.45, 2.75) is 6.42 Å². The van der Waals surface area contributed by atoms with Gasteiger partial charge < -0.3 is 5.32 Å². The van der Waals surface area contributed by atoms with Crippen molar-refractivity contribution in [3.05, 3.63) is 90.0 Å². The summed E-state index contributed by atoms with van der Waals surface area (Å²) in [6, 6.07) is 10.5. The zero-order valence-electron chi connectivity index (χ0n) is 16.6. The van der Waals surface area contributed by atoms with Crippen LogP contribution >= 0.6 is 0 Å². The third-order valence-corrected chi connectivity index (χ3v) is 5.13. The zero-order valence-corrected chi connectivity index (χ0v) is 16.6. The van der Waals surface area contributed by atoms with Crippen LogP contribution in [-0.4, -0.2) is 37.3 Å². The SMILES string of the molecule is CNC(=O)c1ccc(-c2cnc3ncc(Cc4ccc5nccnc5c4)n3c2)cc1F. The van der Waals surface area contributed by atoms with Crippen LogP contribution in [0.2, 0.25) is 0 Å². The number of hydrogen-bond acceptors (Lipinski definition) is 5. The molecule has 5 rings (SSSR count). The van der Waals surface area contributed by atoms with Gasteiger partial charge in [-0.05, 0) is 35.4 Å². The van der Waals surface area contributed by atoms with Gasteiger partial charge >= 0.3 is 0 Å². The number of nitrogens with zero attached hydrogens (tertiary/aromatic N) is 5. The van der Waals surface area contributed by atoms with Crippen LogP contribution in [0, 0.1) is 5.82 Å². The first kappa shape index (κ1) is 18.8. The standard InChI is InChI=1S/C23H17FN6O/c1-25-22(31)18-4-3-15(10-19(18)24)16-11-28-23-29-12-17(30(23)13-16)8-14-2-5-20-21(9-14)27-7-6-26-20/h2-7,9-13H,8H2,1H3,(H,25,31). The van der Waals surface area contributed by atoms with Crippen molar-refractivity contribution in [2.75, 3.05) is 7.05 Å². The Bertz CT molecular complexity index is 1450. The molecule has 1 amide bonds. The Balaban J connectivity index is 1.51. The fourth-order valence-electron chi connectivity index (χ4n) is 3.54. The number of carbonyl (C=O) groups excluding carboxylic acids is 1. The molecule has 0 atom stereocenters. The maximum absolute atomic E-state index is 14.4. The van der Waals surface area contributed by atoms with Crippen LogP contribution < -0.4 is 5.32 Å². The zero-order chi connectivity index (χ0) is 21.4. The molecule has 0 radical (unpaired) electrons. The fourth-order valence-corrected chi connectivity index (χ4v) is 3.54. The van der Waals surface area contributed by atoms with E-state index in [1.165, 1.54) is 19.2 Å². The molecule has 0 aliphatic carbocycles. The van der Waals surface area contributed by atoms with Crippen LogP contribution in [0.25, 0.3) is 27.9 Å². The molecule has 0 aliphatic rings. The van der Waals surface area contributed by atoms with Crippen molar-refractivity contribution >= 4 is 22.7 Å². The van der Waals surface area contributed by atoms with Gasteiger partial charge in [-0.15, -0.1) is 0 Å². The molecule has 3 aromatic heterocycles. The van der Waals surface area contributed by atoms with Crippen molar-refractivity contribution in [1.29, 1.82) is 0 Å². The number of imidazole rings is 1. The van der Waals surface area contributed by atoms with Crippen molar-refractivity contribution in [1.82, 2.24) is 29.7 Å². The predicted octanol–water partition coefficient (Wildman–Crippen LogP) is 3.43. The maximum Gasteiger partial charge on any atom is 0.253 e. The van der Waals surface area contributed by atoms with Gasteiger partial charge in [0.2, 0.25) is 5.78 Å². The van der Waals surface area contributed by atoms with E-state index in [2.05, 4.69) is 25.3 Å². The number of nitrogens with one attached hydrogen (secondary N) is 1. The average molecular weight is 412 g/mol. The Morgan fingerprint density at radius 2 is 1.77 bits per heavy atom. The molecule has 1 N–H and O–H groups in total. The molecule has 0 spiro atoms. The molecule has 152 valence electrons. The molecule has 0 fully saturated rings. The molecule has 5 aromatic rings. The molecule has 31 heavy (non-hydrogen) atoms. The Kier molecular flexibility index (Phi) is 4.59. The molecule has 0 saturated carbocycles. The second-order valence-corrected chi connectivity index (χ2v) is 7.09. The third kappa shape index (κ3) is 3.48. The highest BCUT2D eigenvalue weighted by Crippen LogP contribution is 2.23. The average Bonchev–Trinajstić information content (AvgIpc) is 3.20. The van der Waals surface area contributed by atoms with Gasteiger partial charge in [-0.1, -0.05) is 12.1 Å². The summed E-state index contributed by atoms with van der Waals surface area (Å²) in [5.74, 6) is -0.489. The van der Waals surface area contributed by atoms with Crippen LogP contribution in [0.1, 0.15) is 21.6 Å². The molecular formula is C23H17FN6O. The monoisotopic (exact) mass is 412 g/mol. The highest BCUT2D eigenvalue weighted by molar-refractivity contribution is 5.94. The van der Waals surface area contributed by atoms with E-state index in [0.29, 0.717) is 17.8 Å². The summed E-state index contributed by atoms with van der Waals surface area (Å²) in [5, 5.41) is 2.43. The Labute approximate surface area is 176 Å². The fraction of sp³-hybridized carbons (Fsp3) is 0.0870. The van der Waals surface area contributed by atoms with E-state index in [-0.39, 0.29) is 5.56 Å². The lowest BCUT2D eigenvalue weighted by atomic mass is 10.1. The van der Waals surface area contributed by atoms with Gasteiger partial charge in [-0.2, -0.15) is 0 Å². The van der Waals surface area contributed by atoms with E-state index in [1.807, 2.05) is 28.8 Å². The number of rotatable bonds is 4. The minimum atomic E-state index is -0.583. The highest BCUT2D eigenvalue weighted by atomic mass is 19.1. The lowest BCUT2D eigenvalue weighted by molar-refractivity contribution is 0.0959. The summed E-state index contributed by atoms with van der Waals surface area (Å²) in [7, 11) is 1.47. The lowest BCUT2D eigenvalue weighted by Gasteiger charge is -2.08. The first-order valence-electron chi connectivity index (χ1n) is 9.66. The molecule has 3 heterocycles. The van der Waals surface area contributed by atoms with Gasteiger partial charge in [0.05, 0.1) is 22.8 Å². The van der Waals surface area contributed by atoms with Gasteiger partial charge in [0.25, 0.3) is 5.91 Å². The van der Waals surface area contributed by atoms with Gasteiger partial charge in [-0.25, -0.2) is 14.4 Å². The predicted molar refractivity (Wildman–Crippen MR) is 114 cm³/mol. The Hall–Kier alpha value is -4.20. The molecule has 0 aliphatic heterocycles.